The van der Waals surface area contributed by atoms with Crippen molar-refractivity contribution in [3.05, 3.63) is 71.2 Å². The van der Waals surface area contributed by atoms with Gasteiger partial charge in [-0.1, -0.05) is 23.7 Å². The molecule has 0 aliphatic carbocycles. The fourth-order valence-electron chi connectivity index (χ4n) is 3.37. The highest BCUT2D eigenvalue weighted by Gasteiger charge is 2.28. The minimum Gasteiger partial charge on any atom is -0.495 e. The van der Waals surface area contributed by atoms with Crippen LogP contribution in [0.1, 0.15) is 17.3 Å². The quantitative estimate of drug-likeness (QED) is 0.586. The molecule has 0 spiro atoms. The summed E-state index contributed by atoms with van der Waals surface area (Å²) in [6.07, 6.45) is 0. The van der Waals surface area contributed by atoms with E-state index < -0.39 is 10.0 Å². The Morgan fingerprint density at radius 2 is 1.84 bits per heavy atom. The molecule has 9 heteroatoms. The van der Waals surface area contributed by atoms with Gasteiger partial charge in [0.15, 0.2) is 5.75 Å². The first kappa shape index (κ1) is 21.0. The van der Waals surface area contributed by atoms with Crippen molar-refractivity contribution in [1.82, 2.24) is 0 Å². The average Bonchev–Trinajstić information content (AvgIpc) is 2.87. The Balaban J connectivity index is 1.74. The van der Waals surface area contributed by atoms with Crippen LogP contribution in [-0.4, -0.2) is 28.0 Å². The zero-order valence-electron chi connectivity index (χ0n) is 16.8. The number of halogens is 1. The van der Waals surface area contributed by atoms with Crippen molar-refractivity contribution in [3.8, 4) is 17.2 Å². The maximum atomic E-state index is 13.2. The Morgan fingerprint density at radius 3 is 2.58 bits per heavy atom. The van der Waals surface area contributed by atoms with E-state index in [1.165, 1.54) is 37.4 Å². The molecule has 160 valence electrons. The summed E-state index contributed by atoms with van der Waals surface area (Å²) >= 11 is 5.98. The van der Waals surface area contributed by atoms with Crippen LogP contribution in [-0.2, 0) is 10.0 Å². The van der Waals surface area contributed by atoms with Crippen LogP contribution >= 0.6 is 11.6 Å². The second-order valence-corrected chi connectivity index (χ2v) is 8.82. The smallest absolute Gasteiger partial charge is 0.265 e. The van der Waals surface area contributed by atoms with Gasteiger partial charge in [0.1, 0.15) is 16.4 Å². The average molecular weight is 459 g/mol. The highest BCUT2D eigenvalue weighted by atomic mass is 35.5. The van der Waals surface area contributed by atoms with E-state index in [0.29, 0.717) is 23.7 Å². The van der Waals surface area contributed by atoms with Gasteiger partial charge in [-0.3, -0.25) is 9.52 Å². The molecule has 0 radical (unpaired) electrons. The van der Waals surface area contributed by atoms with Crippen molar-refractivity contribution >= 4 is 38.9 Å². The molecule has 31 heavy (non-hydrogen) atoms. The number of fused-ring (bicyclic) bond motifs is 2. The molecule has 1 aliphatic heterocycles. The molecular weight excluding hydrogens is 440 g/mol. The monoisotopic (exact) mass is 458 g/mol. The van der Waals surface area contributed by atoms with Crippen LogP contribution in [0.4, 0.5) is 11.4 Å². The normalized spacial score (nSPS) is 13.0. The molecule has 0 bridgehead atoms. The number of benzene rings is 3. The van der Waals surface area contributed by atoms with Gasteiger partial charge in [-0.05, 0) is 55.5 Å². The fraction of sp³-hybridized carbons (Fsp3) is 0.136. The van der Waals surface area contributed by atoms with E-state index in [9.17, 15) is 13.2 Å². The van der Waals surface area contributed by atoms with E-state index in [1.807, 2.05) is 19.1 Å². The van der Waals surface area contributed by atoms with Gasteiger partial charge >= 0.3 is 0 Å². The molecule has 3 aromatic rings. The highest BCUT2D eigenvalue weighted by molar-refractivity contribution is 7.92. The van der Waals surface area contributed by atoms with Gasteiger partial charge in [0.2, 0.25) is 0 Å². The molecule has 1 amide bonds. The standard InChI is InChI=1S/C22H19ClN2O5S/c1-3-25-17-6-4-5-7-19(17)30-18-11-9-15(13-16(18)22(25)26)24-31(27,28)21-12-14(23)8-10-20(21)29-2/h4-13,24H,3H2,1-2H3. The Hall–Kier alpha value is -3.23. The predicted octanol–water partition coefficient (Wildman–Crippen LogP) is 4.92. The summed E-state index contributed by atoms with van der Waals surface area (Å²) in [5.74, 6) is 0.757. The predicted molar refractivity (Wildman–Crippen MR) is 119 cm³/mol. The third-order valence-electron chi connectivity index (χ3n) is 4.81. The first-order chi connectivity index (χ1) is 14.8. The third kappa shape index (κ3) is 3.92. The maximum Gasteiger partial charge on any atom is 0.265 e. The number of ether oxygens (including phenoxy) is 2. The zero-order valence-corrected chi connectivity index (χ0v) is 18.3. The number of sulfonamides is 1. The molecule has 1 heterocycles. The topological polar surface area (TPSA) is 84.9 Å². The molecule has 1 aliphatic rings. The van der Waals surface area contributed by atoms with E-state index in [1.54, 1.807) is 23.1 Å². The lowest BCUT2D eigenvalue weighted by Gasteiger charge is -2.20. The summed E-state index contributed by atoms with van der Waals surface area (Å²) in [5.41, 5.74) is 1.10. The Morgan fingerprint density at radius 1 is 1.06 bits per heavy atom. The number of carbonyl (C=O) groups is 1. The molecule has 0 saturated heterocycles. The van der Waals surface area contributed by atoms with Crippen molar-refractivity contribution in [2.24, 2.45) is 0 Å². The van der Waals surface area contributed by atoms with Gasteiger partial charge in [0.25, 0.3) is 15.9 Å². The van der Waals surface area contributed by atoms with Crippen LogP contribution in [0.15, 0.2) is 65.6 Å². The molecule has 4 rings (SSSR count). The minimum absolute atomic E-state index is 0.109. The van der Waals surface area contributed by atoms with Crippen molar-refractivity contribution < 1.29 is 22.7 Å². The minimum atomic E-state index is -4.03. The van der Waals surface area contributed by atoms with Gasteiger partial charge < -0.3 is 14.4 Å². The summed E-state index contributed by atoms with van der Waals surface area (Å²) in [6, 6.07) is 16.1. The summed E-state index contributed by atoms with van der Waals surface area (Å²) in [7, 11) is -2.66. The largest absolute Gasteiger partial charge is 0.495 e. The first-order valence-electron chi connectivity index (χ1n) is 9.43. The number of nitrogens with zero attached hydrogens (tertiary/aromatic N) is 1. The van der Waals surface area contributed by atoms with Crippen molar-refractivity contribution in [3.63, 3.8) is 0 Å². The molecule has 7 nitrogen and oxygen atoms in total. The zero-order chi connectivity index (χ0) is 22.2. The van der Waals surface area contributed by atoms with Gasteiger partial charge in [0, 0.05) is 17.3 Å². The number of amides is 1. The molecular formula is C22H19ClN2O5S. The lowest BCUT2D eigenvalue weighted by Crippen LogP contribution is -2.29. The summed E-state index contributed by atoms with van der Waals surface area (Å²) in [4.78, 5) is 14.7. The van der Waals surface area contributed by atoms with E-state index >= 15 is 0 Å². The van der Waals surface area contributed by atoms with E-state index in [4.69, 9.17) is 21.1 Å². The molecule has 0 aromatic heterocycles. The number of anilines is 2. The first-order valence-corrected chi connectivity index (χ1v) is 11.3. The molecule has 1 N–H and O–H groups in total. The number of hydrogen-bond donors (Lipinski definition) is 1. The van der Waals surface area contributed by atoms with Crippen molar-refractivity contribution in [2.75, 3.05) is 23.3 Å². The van der Waals surface area contributed by atoms with E-state index in [2.05, 4.69) is 4.72 Å². The highest BCUT2D eigenvalue weighted by Crippen LogP contribution is 2.40. The lowest BCUT2D eigenvalue weighted by molar-refractivity contribution is 0.0988. The molecule has 3 aromatic carbocycles. The van der Waals surface area contributed by atoms with E-state index in [-0.39, 0.29) is 32.8 Å². The van der Waals surface area contributed by atoms with Crippen LogP contribution in [0.3, 0.4) is 0 Å². The summed E-state index contributed by atoms with van der Waals surface area (Å²) in [6.45, 7) is 2.28. The van der Waals surface area contributed by atoms with Crippen LogP contribution in [0.2, 0.25) is 5.02 Å². The number of carbonyl (C=O) groups excluding carboxylic acids is 1. The van der Waals surface area contributed by atoms with Crippen LogP contribution < -0.4 is 19.1 Å². The number of methoxy groups -OCH3 is 1. The number of nitrogens with one attached hydrogen (secondary N) is 1. The molecule has 0 saturated carbocycles. The summed E-state index contributed by atoms with van der Waals surface area (Å²) < 4.78 is 39.5. The molecule has 0 fully saturated rings. The van der Waals surface area contributed by atoms with Gasteiger partial charge in [-0.2, -0.15) is 0 Å². The van der Waals surface area contributed by atoms with E-state index in [0.717, 1.165) is 0 Å². The Kier molecular flexibility index (Phi) is 5.51. The van der Waals surface area contributed by atoms with Crippen molar-refractivity contribution in [1.29, 1.82) is 0 Å². The summed E-state index contributed by atoms with van der Waals surface area (Å²) in [5, 5.41) is 0.253. The Labute approximate surface area is 185 Å². The molecule has 0 unspecified atom stereocenters. The van der Waals surface area contributed by atoms with Gasteiger partial charge in [-0.15, -0.1) is 0 Å². The van der Waals surface area contributed by atoms with Gasteiger partial charge in [0.05, 0.1) is 18.4 Å². The van der Waals surface area contributed by atoms with Crippen LogP contribution in [0.5, 0.6) is 17.2 Å². The number of para-hydroxylation sites is 2. The van der Waals surface area contributed by atoms with Gasteiger partial charge in [-0.25, -0.2) is 8.42 Å². The number of rotatable bonds is 5. The fourth-order valence-corrected chi connectivity index (χ4v) is 4.86. The maximum absolute atomic E-state index is 13.2. The van der Waals surface area contributed by atoms with Crippen LogP contribution in [0.25, 0.3) is 0 Å². The Bertz CT molecular complexity index is 1280. The lowest BCUT2D eigenvalue weighted by atomic mass is 10.1. The third-order valence-corrected chi connectivity index (χ3v) is 6.45. The second kappa shape index (κ2) is 8.13. The SMILES string of the molecule is CCN1C(=O)c2cc(NS(=O)(=O)c3cc(Cl)ccc3OC)ccc2Oc2ccccc21. The van der Waals surface area contributed by atoms with Crippen LogP contribution in [0, 0.1) is 0 Å². The van der Waals surface area contributed by atoms with Crippen molar-refractivity contribution in [2.45, 2.75) is 11.8 Å². The molecule has 0 atom stereocenters. The number of hydrogen-bond acceptors (Lipinski definition) is 5. The second-order valence-electron chi connectivity index (χ2n) is 6.73.